The maximum absolute atomic E-state index is 11.1. The highest BCUT2D eigenvalue weighted by molar-refractivity contribution is 7.89. The molecule has 0 saturated heterocycles. The van der Waals surface area contributed by atoms with Gasteiger partial charge in [0, 0.05) is 31.4 Å². The third-order valence-corrected chi connectivity index (χ3v) is 3.56. The average molecular weight is 246 g/mol. The Morgan fingerprint density at radius 3 is 2.81 bits per heavy atom. The molecule has 0 bridgehead atoms. The van der Waals surface area contributed by atoms with Gasteiger partial charge in [0.2, 0.25) is 10.0 Å². The van der Waals surface area contributed by atoms with E-state index in [0.29, 0.717) is 13.1 Å². The number of sulfonamides is 1. The van der Waals surface area contributed by atoms with Crippen LogP contribution in [0.15, 0.2) is 12.4 Å². The zero-order valence-electron chi connectivity index (χ0n) is 9.60. The SMILES string of the molecule is CCn1cc(CNCCS(=O)(=O)NC)cn1. The molecule has 2 N–H and O–H groups in total. The van der Waals surface area contributed by atoms with Crippen molar-refractivity contribution in [2.75, 3.05) is 19.3 Å². The predicted octanol–water partition coefficient (Wildman–Crippen LogP) is -0.458. The standard InChI is InChI=1S/C9H18N4O2S/c1-3-13-8-9(7-12-13)6-11-4-5-16(14,15)10-2/h7-8,10-11H,3-6H2,1-2H3. The van der Waals surface area contributed by atoms with Gasteiger partial charge in [-0.05, 0) is 14.0 Å². The zero-order chi connectivity index (χ0) is 12.0. The van der Waals surface area contributed by atoms with E-state index in [2.05, 4.69) is 15.1 Å². The van der Waals surface area contributed by atoms with Crippen molar-refractivity contribution in [3.05, 3.63) is 18.0 Å². The molecule has 0 amide bonds. The lowest BCUT2D eigenvalue weighted by Gasteiger charge is -2.03. The number of nitrogens with zero attached hydrogens (tertiary/aromatic N) is 2. The Bertz CT molecular complexity index is 413. The van der Waals surface area contributed by atoms with Gasteiger partial charge in [-0.25, -0.2) is 13.1 Å². The largest absolute Gasteiger partial charge is 0.311 e. The number of rotatable bonds is 7. The van der Waals surface area contributed by atoms with Crippen LogP contribution in [0.25, 0.3) is 0 Å². The van der Waals surface area contributed by atoms with E-state index in [0.717, 1.165) is 12.1 Å². The molecule has 16 heavy (non-hydrogen) atoms. The summed E-state index contributed by atoms with van der Waals surface area (Å²) in [4.78, 5) is 0. The van der Waals surface area contributed by atoms with E-state index in [1.165, 1.54) is 7.05 Å². The fourth-order valence-corrected chi connectivity index (χ4v) is 1.83. The second kappa shape index (κ2) is 5.97. The van der Waals surface area contributed by atoms with Crippen LogP contribution in [0.2, 0.25) is 0 Å². The fourth-order valence-electron chi connectivity index (χ4n) is 1.21. The summed E-state index contributed by atoms with van der Waals surface area (Å²) in [6, 6.07) is 0. The van der Waals surface area contributed by atoms with Crippen molar-refractivity contribution in [3.8, 4) is 0 Å². The molecule has 0 aliphatic carbocycles. The summed E-state index contributed by atoms with van der Waals surface area (Å²) in [5.74, 6) is 0.0887. The van der Waals surface area contributed by atoms with Gasteiger partial charge in [-0.3, -0.25) is 4.68 Å². The second-order valence-corrected chi connectivity index (χ2v) is 5.45. The summed E-state index contributed by atoms with van der Waals surface area (Å²) in [7, 11) is -1.69. The Balaban J connectivity index is 2.26. The first-order valence-corrected chi connectivity index (χ1v) is 6.86. The van der Waals surface area contributed by atoms with Gasteiger partial charge >= 0.3 is 0 Å². The summed E-state index contributed by atoms with van der Waals surface area (Å²) >= 11 is 0. The van der Waals surface area contributed by atoms with Crippen LogP contribution in [0.4, 0.5) is 0 Å². The zero-order valence-corrected chi connectivity index (χ0v) is 10.4. The monoisotopic (exact) mass is 246 g/mol. The third-order valence-electron chi connectivity index (χ3n) is 2.20. The van der Waals surface area contributed by atoms with Crippen molar-refractivity contribution >= 4 is 10.0 Å². The van der Waals surface area contributed by atoms with Crippen LogP contribution < -0.4 is 10.0 Å². The summed E-state index contributed by atoms with van der Waals surface area (Å²) in [6.45, 7) is 3.93. The van der Waals surface area contributed by atoms with Crippen LogP contribution in [0.5, 0.6) is 0 Å². The van der Waals surface area contributed by atoms with Crippen molar-refractivity contribution in [3.63, 3.8) is 0 Å². The molecule has 1 heterocycles. The Morgan fingerprint density at radius 2 is 2.25 bits per heavy atom. The molecule has 1 aromatic rings. The van der Waals surface area contributed by atoms with Crippen LogP contribution in [-0.4, -0.2) is 37.5 Å². The Hall–Kier alpha value is -0.920. The molecule has 0 aliphatic rings. The van der Waals surface area contributed by atoms with E-state index in [-0.39, 0.29) is 5.75 Å². The first-order chi connectivity index (χ1) is 7.57. The first-order valence-electron chi connectivity index (χ1n) is 5.20. The molecule has 0 atom stereocenters. The van der Waals surface area contributed by atoms with Gasteiger partial charge in [-0.15, -0.1) is 0 Å². The van der Waals surface area contributed by atoms with Crippen molar-refractivity contribution in [1.29, 1.82) is 0 Å². The molecule has 0 aromatic carbocycles. The molecule has 6 nitrogen and oxygen atoms in total. The second-order valence-electron chi connectivity index (χ2n) is 3.40. The van der Waals surface area contributed by atoms with Crippen LogP contribution in [0, 0.1) is 0 Å². The van der Waals surface area contributed by atoms with Crippen LogP contribution in [-0.2, 0) is 23.1 Å². The van der Waals surface area contributed by atoms with Gasteiger partial charge < -0.3 is 5.32 Å². The molecule has 1 aromatic heterocycles. The number of hydrogen-bond donors (Lipinski definition) is 2. The van der Waals surface area contributed by atoms with E-state index in [1.54, 1.807) is 6.20 Å². The topological polar surface area (TPSA) is 76.0 Å². The number of nitrogens with one attached hydrogen (secondary N) is 2. The number of hydrogen-bond acceptors (Lipinski definition) is 4. The molecule has 1 rings (SSSR count). The Morgan fingerprint density at radius 1 is 1.50 bits per heavy atom. The quantitative estimate of drug-likeness (QED) is 0.638. The van der Waals surface area contributed by atoms with E-state index in [1.807, 2.05) is 17.8 Å². The normalized spacial score (nSPS) is 11.9. The van der Waals surface area contributed by atoms with Gasteiger partial charge in [0.1, 0.15) is 0 Å². The highest BCUT2D eigenvalue weighted by atomic mass is 32.2. The average Bonchev–Trinajstić information content (AvgIpc) is 2.72. The Labute approximate surface area is 96.1 Å². The van der Waals surface area contributed by atoms with Gasteiger partial charge in [-0.2, -0.15) is 5.10 Å². The summed E-state index contributed by atoms with van der Waals surface area (Å²) in [5, 5.41) is 7.18. The minimum Gasteiger partial charge on any atom is -0.311 e. The number of aromatic nitrogens is 2. The highest BCUT2D eigenvalue weighted by Gasteiger charge is 2.05. The Kier molecular flexibility index (Phi) is 4.91. The summed E-state index contributed by atoms with van der Waals surface area (Å²) < 4.78 is 26.3. The molecule has 0 radical (unpaired) electrons. The molecule has 0 unspecified atom stereocenters. The van der Waals surface area contributed by atoms with Crippen LogP contribution in [0.3, 0.4) is 0 Å². The molecule has 0 saturated carbocycles. The third kappa shape index (κ3) is 4.30. The maximum Gasteiger partial charge on any atom is 0.212 e. The van der Waals surface area contributed by atoms with Gasteiger partial charge in [0.05, 0.1) is 11.9 Å². The molecular weight excluding hydrogens is 228 g/mol. The van der Waals surface area contributed by atoms with Crippen LogP contribution >= 0.6 is 0 Å². The molecule has 92 valence electrons. The fraction of sp³-hybridized carbons (Fsp3) is 0.667. The highest BCUT2D eigenvalue weighted by Crippen LogP contribution is 1.96. The lowest BCUT2D eigenvalue weighted by atomic mass is 10.3. The van der Waals surface area contributed by atoms with Crippen LogP contribution in [0.1, 0.15) is 12.5 Å². The summed E-state index contributed by atoms with van der Waals surface area (Å²) in [6.07, 6.45) is 3.72. The van der Waals surface area contributed by atoms with E-state index >= 15 is 0 Å². The minimum atomic E-state index is -3.11. The molecular formula is C9H18N4O2S. The van der Waals surface area contributed by atoms with Gasteiger partial charge in [0.15, 0.2) is 0 Å². The number of aryl methyl sites for hydroxylation is 1. The predicted molar refractivity (Wildman–Crippen MR) is 62.5 cm³/mol. The first kappa shape index (κ1) is 13.1. The van der Waals surface area contributed by atoms with Crippen molar-refractivity contribution < 1.29 is 8.42 Å². The van der Waals surface area contributed by atoms with Crippen molar-refractivity contribution in [1.82, 2.24) is 19.8 Å². The molecule has 0 aliphatic heterocycles. The molecule has 0 spiro atoms. The smallest absolute Gasteiger partial charge is 0.212 e. The lowest BCUT2D eigenvalue weighted by Crippen LogP contribution is -2.29. The van der Waals surface area contributed by atoms with E-state index in [9.17, 15) is 8.42 Å². The van der Waals surface area contributed by atoms with E-state index < -0.39 is 10.0 Å². The molecule has 7 heteroatoms. The van der Waals surface area contributed by atoms with Crippen molar-refractivity contribution in [2.24, 2.45) is 0 Å². The minimum absolute atomic E-state index is 0.0887. The van der Waals surface area contributed by atoms with Crippen molar-refractivity contribution in [2.45, 2.75) is 20.0 Å². The maximum atomic E-state index is 11.1. The van der Waals surface area contributed by atoms with E-state index in [4.69, 9.17) is 0 Å². The van der Waals surface area contributed by atoms with Gasteiger partial charge in [-0.1, -0.05) is 0 Å². The lowest BCUT2D eigenvalue weighted by molar-refractivity contribution is 0.583. The molecule has 0 fully saturated rings. The van der Waals surface area contributed by atoms with Gasteiger partial charge in [0.25, 0.3) is 0 Å². The summed E-state index contributed by atoms with van der Waals surface area (Å²) in [5.41, 5.74) is 1.06.